The van der Waals surface area contributed by atoms with Crippen molar-refractivity contribution in [1.29, 1.82) is 0 Å². The number of hydrogen-bond donors (Lipinski definition) is 2. The third-order valence-electron chi connectivity index (χ3n) is 5.61. The summed E-state index contributed by atoms with van der Waals surface area (Å²) in [5.74, 6) is -0.686. The molecule has 0 aliphatic carbocycles. The topological polar surface area (TPSA) is 177 Å². The molecule has 0 unspecified atom stereocenters. The van der Waals surface area contributed by atoms with Gasteiger partial charge in [-0.25, -0.2) is 4.79 Å². The van der Waals surface area contributed by atoms with Gasteiger partial charge >= 0.3 is 5.97 Å². The molecule has 0 saturated heterocycles. The Kier molecular flexibility index (Phi) is 32.5. The van der Waals surface area contributed by atoms with E-state index in [0.717, 1.165) is 5.75 Å². The second kappa shape index (κ2) is 35.8. The minimum Gasteiger partial charge on any atom is -0.491 e. The first kappa shape index (κ1) is 43.5. The molecule has 0 radical (unpaired) electrons. The molecule has 0 fully saturated rings. The van der Waals surface area contributed by atoms with Crippen molar-refractivity contribution >= 4 is 11.9 Å². The molecule has 16 heteroatoms. The Bertz CT molecular complexity index is 837. The van der Waals surface area contributed by atoms with Gasteiger partial charge in [0.15, 0.2) is 0 Å². The molecule has 1 aromatic rings. The number of hydrogen-bond acceptors (Lipinski definition) is 14. The molecule has 0 heterocycles. The van der Waals surface area contributed by atoms with Crippen LogP contribution in [0, 0.1) is 0 Å². The molecule has 48 heavy (non-hydrogen) atoms. The number of para-hydroxylation sites is 1. The number of rotatable bonds is 38. The molecule has 0 bridgehead atoms. The number of aliphatic carboxylic acids is 1. The summed E-state index contributed by atoms with van der Waals surface area (Å²) in [6.45, 7) is 9.33. The molecule has 1 amide bonds. The maximum atomic E-state index is 11.4. The van der Waals surface area contributed by atoms with Gasteiger partial charge in [0, 0.05) is 6.54 Å². The summed E-state index contributed by atoms with van der Waals surface area (Å²) in [7, 11) is 0. The van der Waals surface area contributed by atoms with Crippen LogP contribution in [0.15, 0.2) is 30.3 Å². The number of benzene rings is 1. The lowest BCUT2D eigenvalue weighted by Gasteiger charge is -2.09. The van der Waals surface area contributed by atoms with Crippen LogP contribution in [-0.4, -0.2) is 175 Å². The summed E-state index contributed by atoms with van der Waals surface area (Å²) in [6.07, 6.45) is 0. The van der Waals surface area contributed by atoms with E-state index in [1.54, 1.807) is 0 Å². The second-order valence-corrected chi connectivity index (χ2v) is 9.52. The van der Waals surface area contributed by atoms with E-state index in [-0.39, 0.29) is 6.61 Å². The lowest BCUT2D eigenvalue weighted by Crippen LogP contribution is -2.31. The molecule has 2 N–H and O–H groups in total. The van der Waals surface area contributed by atoms with Gasteiger partial charge in [0.1, 0.15) is 25.6 Å². The van der Waals surface area contributed by atoms with Crippen LogP contribution in [0.1, 0.15) is 0 Å². The van der Waals surface area contributed by atoms with E-state index in [1.807, 2.05) is 30.3 Å². The van der Waals surface area contributed by atoms with Crippen molar-refractivity contribution in [2.45, 2.75) is 0 Å². The van der Waals surface area contributed by atoms with E-state index in [9.17, 15) is 9.59 Å². The second-order valence-electron chi connectivity index (χ2n) is 9.52. The first-order valence-corrected chi connectivity index (χ1v) is 16.2. The number of nitrogens with one attached hydrogen (secondary N) is 1. The average molecular weight is 694 g/mol. The van der Waals surface area contributed by atoms with Crippen LogP contribution in [-0.2, 0) is 61.7 Å². The van der Waals surface area contributed by atoms with Gasteiger partial charge in [-0.2, -0.15) is 0 Å². The quantitative estimate of drug-likeness (QED) is 0.0912. The molecule has 0 aliphatic heterocycles. The molecular weight excluding hydrogens is 638 g/mol. The average Bonchev–Trinajstić information content (AvgIpc) is 3.08. The Hall–Kier alpha value is -2.48. The normalized spacial score (nSPS) is 11.2. The van der Waals surface area contributed by atoms with Crippen molar-refractivity contribution < 1.29 is 71.5 Å². The zero-order valence-corrected chi connectivity index (χ0v) is 28.0. The number of carboxylic acid groups (broad SMARTS) is 1. The van der Waals surface area contributed by atoms with Crippen LogP contribution in [0.4, 0.5) is 0 Å². The third-order valence-corrected chi connectivity index (χ3v) is 5.61. The number of amides is 1. The van der Waals surface area contributed by atoms with Gasteiger partial charge in [-0.1, -0.05) is 18.2 Å². The first-order chi connectivity index (χ1) is 23.7. The predicted molar refractivity (Wildman–Crippen MR) is 172 cm³/mol. The Morgan fingerprint density at radius 3 is 1.12 bits per heavy atom. The monoisotopic (exact) mass is 693 g/mol. The van der Waals surface area contributed by atoms with Crippen LogP contribution in [0.2, 0.25) is 0 Å². The SMILES string of the molecule is O=C(O)COCC(=O)NCCOCCOCCOCCOCCOCCOCCOCCOCCOCCOCCOc1ccccc1. The van der Waals surface area contributed by atoms with Crippen LogP contribution in [0.3, 0.4) is 0 Å². The fraction of sp³-hybridized carbons (Fsp3) is 0.750. The minimum absolute atomic E-state index is 0.300. The van der Waals surface area contributed by atoms with Crippen molar-refractivity contribution in [3.63, 3.8) is 0 Å². The first-order valence-electron chi connectivity index (χ1n) is 16.2. The smallest absolute Gasteiger partial charge is 0.329 e. The summed E-state index contributed by atoms with van der Waals surface area (Å²) in [6, 6.07) is 9.64. The molecule has 0 spiro atoms. The van der Waals surface area contributed by atoms with E-state index >= 15 is 0 Å². The lowest BCUT2D eigenvalue weighted by molar-refractivity contribution is -0.143. The fourth-order valence-electron chi connectivity index (χ4n) is 3.36. The van der Waals surface area contributed by atoms with Crippen LogP contribution < -0.4 is 10.1 Å². The van der Waals surface area contributed by atoms with E-state index in [0.29, 0.717) is 145 Å². The number of carbonyl (C=O) groups is 2. The summed E-state index contributed by atoms with van der Waals surface area (Å²) >= 11 is 0. The molecular formula is C32H55NO15. The van der Waals surface area contributed by atoms with E-state index in [4.69, 9.17) is 57.2 Å². The van der Waals surface area contributed by atoms with Crippen molar-refractivity contribution in [3.8, 4) is 5.75 Å². The van der Waals surface area contributed by atoms with Gasteiger partial charge in [-0.05, 0) is 12.1 Å². The third kappa shape index (κ3) is 33.4. The summed E-state index contributed by atoms with van der Waals surface area (Å²) in [4.78, 5) is 21.6. The highest BCUT2D eigenvalue weighted by Crippen LogP contribution is 2.07. The predicted octanol–water partition coefficient (Wildman–Crippen LogP) is 0.449. The van der Waals surface area contributed by atoms with Gasteiger partial charge in [0.05, 0.1) is 132 Å². The summed E-state index contributed by atoms with van der Waals surface area (Å²) in [5.41, 5.74) is 0. The summed E-state index contributed by atoms with van der Waals surface area (Å²) in [5, 5.41) is 11.0. The molecule has 0 aliphatic rings. The molecule has 16 nitrogen and oxygen atoms in total. The largest absolute Gasteiger partial charge is 0.491 e. The maximum Gasteiger partial charge on any atom is 0.329 e. The van der Waals surface area contributed by atoms with Crippen LogP contribution >= 0.6 is 0 Å². The molecule has 0 saturated carbocycles. The molecule has 1 aromatic carbocycles. The highest BCUT2D eigenvalue weighted by atomic mass is 16.6. The van der Waals surface area contributed by atoms with Crippen LogP contribution in [0.25, 0.3) is 0 Å². The van der Waals surface area contributed by atoms with Crippen molar-refractivity contribution in [2.24, 2.45) is 0 Å². The molecule has 0 aromatic heterocycles. The van der Waals surface area contributed by atoms with Gasteiger partial charge in [0.2, 0.25) is 5.91 Å². The number of ether oxygens (including phenoxy) is 12. The van der Waals surface area contributed by atoms with Crippen molar-refractivity contribution in [2.75, 3.05) is 159 Å². The zero-order valence-electron chi connectivity index (χ0n) is 28.0. The highest BCUT2D eigenvalue weighted by molar-refractivity contribution is 5.77. The van der Waals surface area contributed by atoms with Crippen molar-refractivity contribution in [3.05, 3.63) is 30.3 Å². The maximum absolute atomic E-state index is 11.4. The summed E-state index contributed by atoms with van der Waals surface area (Å²) < 4.78 is 64.6. The lowest BCUT2D eigenvalue weighted by atomic mass is 10.3. The van der Waals surface area contributed by atoms with Crippen LogP contribution in [0.5, 0.6) is 5.75 Å². The molecule has 0 atom stereocenters. The Morgan fingerprint density at radius 2 is 0.771 bits per heavy atom. The Balaban J connectivity index is 1.63. The van der Waals surface area contributed by atoms with Gasteiger partial charge in [0.25, 0.3) is 0 Å². The van der Waals surface area contributed by atoms with Crippen molar-refractivity contribution in [1.82, 2.24) is 5.32 Å². The van der Waals surface area contributed by atoms with E-state index in [1.165, 1.54) is 0 Å². The molecule has 278 valence electrons. The minimum atomic E-state index is -1.12. The number of carbonyl (C=O) groups excluding carboxylic acids is 1. The molecule has 1 rings (SSSR count). The van der Waals surface area contributed by atoms with Gasteiger partial charge in [-0.3, -0.25) is 4.79 Å². The van der Waals surface area contributed by atoms with E-state index < -0.39 is 18.5 Å². The highest BCUT2D eigenvalue weighted by Gasteiger charge is 2.03. The van der Waals surface area contributed by atoms with E-state index in [2.05, 4.69) is 10.1 Å². The zero-order chi connectivity index (χ0) is 34.4. The van der Waals surface area contributed by atoms with Gasteiger partial charge < -0.3 is 67.3 Å². The fourth-order valence-corrected chi connectivity index (χ4v) is 3.36. The van der Waals surface area contributed by atoms with Gasteiger partial charge in [-0.15, -0.1) is 0 Å². The Labute approximate surface area is 283 Å². The number of carboxylic acids is 1. The Morgan fingerprint density at radius 1 is 0.438 bits per heavy atom. The standard InChI is InChI=1S/C32H55NO15/c34-31(28-47-29-32(35)36)33-6-7-37-8-9-38-10-11-39-12-13-40-14-15-41-16-17-42-18-19-43-20-21-44-22-23-45-24-25-46-26-27-48-30-4-2-1-3-5-30/h1-5H,6-29H2,(H,33,34)(H,35,36).